The Kier molecular flexibility index (Phi) is 7.56. The number of rotatable bonds is 6. The van der Waals surface area contributed by atoms with Crippen molar-refractivity contribution in [2.45, 2.75) is 32.0 Å². The van der Waals surface area contributed by atoms with Crippen LogP contribution < -0.4 is 10.1 Å². The van der Waals surface area contributed by atoms with Gasteiger partial charge in [-0.3, -0.25) is 4.99 Å². The van der Waals surface area contributed by atoms with E-state index in [9.17, 15) is 13.2 Å². The molecule has 0 radical (unpaired) electrons. The molecule has 1 saturated heterocycles. The number of alkyl halides is 3. The van der Waals surface area contributed by atoms with Gasteiger partial charge in [-0.1, -0.05) is 6.07 Å². The number of benzene rings is 1. The highest BCUT2D eigenvalue weighted by Gasteiger charge is 2.30. The first-order valence-corrected chi connectivity index (χ1v) is 8.81. The predicted octanol–water partition coefficient (Wildman–Crippen LogP) is 3.16. The quantitative estimate of drug-likeness (QED) is 0.473. The molecule has 0 spiro atoms. The normalized spacial score (nSPS) is 16.7. The van der Waals surface area contributed by atoms with Gasteiger partial charge in [0.15, 0.2) is 5.96 Å². The van der Waals surface area contributed by atoms with E-state index in [1.807, 2.05) is 6.92 Å². The van der Waals surface area contributed by atoms with Crippen molar-refractivity contribution in [3.05, 3.63) is 29.8 Å². The fraction of sp³-hybridized carbons (Fsp3) is 0.611. The molecule has 0 saturated carbocycles. The lowest BCUT2D eigenvalue weighted by atomic mass is 10.1. The largest absolute Gasteiger partial charge is 0.492 e. The topological polar surface area (TPSA) is 46.1 Å². The van der Waals surface area contributed by atoms with E-state index in [-0.39, 0.29) is 12.4 Å². The Labute approximate surface area is 152 Å². The molecule has 5 nitrogen and oxygen atoms in total. The number of halogens is 3. The third-order valence-electron chi connectivity index (χ3n) is 4.17. The molecule has 0 amide bonds. The van der Waals surface area contributed by atoms with Crippen LogP contribution in [0.2, 0.25) is 0 Å². The third-order valence-corrected chi connectivity index (χ3v) is 4.17. The molecule has 146 valence electrons. The van der Waals surface area contributed by atoms with Crippen LogP contribution in [0.3, 0.4) is 0 Å². The summed E-state index contributed by atoms with van der Waals surface area (Å²) in [5.41, 5.74) is -0.712. The first-order valence-electron chi connectivity index (χ1n) is 8.81. The van der Waals surface area contributed by atoms with E-state index in [2.05, 4.69) is 15.2 Å². The summed E-state index contributed by atoms with van der Waals surface area (Å²) in [5.74, 6) is 0.974. The van der Waals surface area contributed by atoms with Crippen LogP contribution >= 0.6 is 0 Å². The molecule has 0 unspecified atom stereocenters. The van der Waals surface area contributed by atoms with Crippen LogP contribution in [0.1, 0.15) is 25.3 Å². The molecular weight excluding hydrogens is 347 g/mol. The van der Waals surface area contributed by atoms with Gasteiger partial charge >= 0.3 is 6.18 Å². The van der Waals surface area contributed by atoms with Gasteiger partial charge in [0.25, 0.3) is 0 Å². The number of likely N-dealkylation sites (tertiary alicyclic amines) is 1. The van der Waals surface area contributed by atoms with Gasteiger partial charge in [0.1, 0.15) is 12.4 Å². The Balaban J connectivity index is 1.75. The first kappa shape index (κ1) is 20.4. The molecule has 1 N–H and O–H groups in total. The fourth-order valence-corrected chi connectivity index (χ4v) is 2.90. The number of hydrogen-bond donors (Lipinski definition) is 1. The summed E-state index contributed by atoms with van der Waals surface area (Å²) in [7, 11) is 1.71. The van der Waals surface area contributed by atoms with E-state index >= 15 is 0 Å². The fourth-order valence-electron chi connectivity index (χ4n) is 2.90. The molecule has 0 atom stereocenters. The smallest absolute Gasteiger partial charge is 0.416 e. The van der Waals surface area contributed by atoms with Crippen LogP contribution in [0, 0.1) is 0 Å². The number of aliphatic imine (C=N–C) groups is 1. The van der Waals surface area contributed by atoms with E-state index < -0.39 is 11.7 Å². The lowest BCUT2D eigenvalue weighted by Gasteiger charge is -2.34. The zero-order valence-electron chi connectivity index (χ0n) is 15.2. The van der Waals surface area contributed by atoms with E-state index in [0.29, 0.717) is 12.6 Å². The average molecular weight is 373 g/mol. The van der Waals surface area contributed by atoms with Crippen molar-refractivity contribution < 1.29 is 22.6 Å². The number of nitrogens with zero attached hydrogens (tertiary/aromatic N) is 2. The minimum Gasteiger partial charge on any atom is -0.492 e. The highest BCUT2D eigenvalue weighted by Crippen LogP contribution is 2.31. The average Bonchev–Trinajstić information content (AvgIpc) is 2.63. The Bertz CT molecular complexity index is 585. The zero-order valence-corrected chi connectivity index (χ0v) is 15.2. The zero-order chi connectivity index (χ0) is 19.0. The highest BCUT2D eigenvalue weighted by molar-refractivity contribution is 5.79. The van der Waals surface area contributed by atoms with E-state index in [4.69, 9.17) is 9.47 Å². The molecule has 1 aromatic carbocycles. The predicted molar refractivity (Wildman–Crippen MR) is 94.5 cm³/mol. The molecule has 0 aromatic heterocycles. The highest BCUT2D eigenvalue weighted by atomic mass is 19.4. The van der Waals surface area contributed by atoms with Crippen LogP contribution in [-0.4, -0.2) is 56.9 Å². The summed E-state index contributed by atoms with van der Waals surface area (Å²) in [6.45, 7) is 5.14. The standard InChI is InChI=1S/C18H26F3N3O2/c1-3-25-15-7-10-24(11-8-15)17(22-2)23-9-12-26-16-6-4-5-14(13-16)18(19,20)21/h4-6,13,15H,3,7-12H2,1-2H3,(H,22,23). The molecule has 1 fully saturated rings. The summed E-state index contributed by atoms with van der Waals surface area (Å²) in [6, 6.07) is 4.89. The van der Waals surface area contributed by atoms with Crippen molar-refractivity contribution in [2.24, 2.45) is 4.99 Å². The maximum absolute atomic E-state index is 12.7. The van der Waals surface area contributed by atoms with Crippen LogP contribution in [0.15, 0.2) is 29.3 Å². The molecule has 1 heterocycles. The van der Waals surface area contributed by atoms with Crippen molar-refractivity contribution in [1.29, 1.82) is 0 Å². The van der Waals surface area contributed by atoms with Crippen molar-refractivity contribution in [3.8, 4) is 5.75 Å². The van der Waals surface area contributed by atoms with Gasteiger partial charge < -0.3 is 19.7 Å². The number of piperidine rings is 1. The molecular formula is C18H26F3N3O2. The van der Waals surface area contributed by atoms with E-state index in [1.165, 1.54) is 12.1 Å². The lowest BCUT2D eigenvalue weighted by molar-refractivity contribution is -0.137. The minimum absolute atomic E-state index is 0.203. The monoisotopic (exact) mass is 373 g/mol. The van der Waals surface area contributed by atoms with Gasteiger partial charge in [0.05, 0.1) is 18.2 Å². The molecule has 8 heteroatoms. The summed E-state index contributed by atoms with van der Waals surface area (Å²) in [6.07, 6.45) is -2.16. The molecule has 1 aromatic rings. The summed E-state index contributed by atoms with van der Waals surface area (Å²) in [4.78, 5) is 6.41. The Hall–Kier alpha value is -1.96. The Morgan fingerprint density at radius 3 is 2.65 bits per heavy atom. The van der Waals surface area contributed by atoms with Crippen molar-refractivity contribution in [1.82, 2.24) is 10.2 Å². The maximum atomic E-state index is 12.7. The third kappa shape index (κ3) is 6.09. The molecule has 1 aliphatic rings. The molecule has 1 aliphatic heterocycles. The number of ether oxygens (including phenoxy) is 2. The molecule has 26 heavy (non-hydrogen) atoms. The van der Waals surface area contributed by atoms with Gasteiger partial charge in [-0.25, -0.2) is 0 Å². The van der Waals surface area contributed by atoms with Crippen LogP contribution in [0.4, 0.5) is 13.2 Å². The Morgan fingerprint density at radius 1 is 1.31 bits per heavy atom. The first-order chi connectivity index (χ1) is 12.4. The van der Waals surface area contributed by atoms with E-state index in [0.717, 1.165) is 50.6 Å². The van der Waals surface area contributed by atoms with Crippen molar-refractivity contribution in [3.63, 3.8) is 0 Å². The van der Waals surface area contributed by atoms with Crippen LogP contribution in [-0.2, 0) is 10.9 Å². The second-order valence-electron chi connectivity index (χ2n) is 5.99. The summed E-state index contributed by atoms with van der Waals surface area (Å²) < 4.78 is 49.1. The summed E-state index contributed by atoms with van der Waals surface area (Å²) in [5, 5.41) is 3.19. The van der Waals surface area contributed by atoms with Crippen LogP contribution in [0.5, 0.6) is 5.75 Å². The molecule has 0 aliphatic carbocycles. The minimum atomic E-state index is -4.37. The number of hydrogen-bond acceptors (Lipinski definition) is 3. The Morgan fingerprint density at radius 2 is 2.04 bits per heavy atom. The molecule has 2 rings (SSSR count). The van der Waals surface area contributed by atoms with Gasteiger partial charge in [-0.2, -0.15) is 13.2 Å². The maximum Gasteiger partial charge on any atom is 0.416 e. The second-order valence-corrected chi connectivity index (χ2v) is 5.99. The summed E-state index contributed by atoms with van der Waals surface area (Å²) >= 11 is 0. The van der Waals surface area contributed by atoms with Crippen LogP contribution in [0.25, 0.3) is 0 Å². The number of nitrogens with one attached hydrogen (secondary N) is 1. The van der Waals surface area contributed by atoms with Gasteiger partial charge in [0, 0.05) is 26.7 Å². The van der Waals surface area contributed by atoms with Gasteiger partial charge in [-0.05, 0) is 38.0 Å². The SMILES string of the molecule is CCOC1CCN(C(=NC)NCCOc2cccc(C(F)(F)F)c2)CC1. The van der Waals surface area contributed by atoms with E-state index in [1.54, 1.807) is 7.05 Å². The second kappa shape index (κ2) is 9.66. The molecule has 0 bridgehead atoms. The van der Waals surface area contributed by atoms with Gasteiger partial charge in [-0.15, -0.1) is 0 Å². The number of guanidine groups is 1. The lowest BCUT2D eigenvalue weighted by Crippen LogP contribution is -2.47. The van der Waals surface area contributed by atoms with Crippen molar-refractivity contribution in [2.75, 3.05) is 39.9 Å². The van der Waals surface area contributed by atoms with Gasteiger partial charge in [0.2, 0.25) is 0 Å². The van der Waals surface area contributed by atoms with Crippen molar-refractivity contribution >= 4 is 5.96 Å².